The third kappa shape index (κ3) is 5.17. The minimum atomic E-state index is 0.466. The lowest BCUT2D eigenvalue weighted by atomic mass is 10.1. The highest BCUT2D eigenvalue weighted by Crippen LogP contribution is 2.09. The van der Waals surface area contributed by atoms with E-state index in [-0.39, 0.29) is 0 Å². The molecule has 0 atom stereocenters. The maximum absolute atomic E-state index is 9.28. The molecule has 0 bridgehead atoms. The van der Waals surface area contributed by atoms with Gasteiger partial charge in [-0.25, -0.2) is 4.68 Å². The second-order valence-corrected chi connectivity index (χ2v) is 5.41. The summed E-state index contributed by atoms with van der Waals surface area (Å²) >= 11 is 0. The van der Waals surface area contributed by atoms with Crippen molar-refractivity contribution < 1.29 is 0 Å². The lowest BCUT2D eigenvalue weighted by molar-refractivity contribution is 0.648. The summed E-state index contributed by atoms with van der Waals surface area (Å²) in [7, 11) is 0. The van der Waals surface area contributed by atoms with Crippen LogP contribution in [0.2, 0.25) is 0 Å². The van der Waals surface area contributed by atoms with Crippen LogP contribution < -0.4 is 0 Å². The van der Waals surface area contributed by atoms with Gasteiger partial charge in [-0.15, -0.1) is 5.10 Å². The average Bonchev–Trinajstić information content (AvgIpc) is 2.99. The molecule has 1 aromatic carbocycles. The summed E-state index contributed by atoms with van der Waals surface area (Å²) in [6.07, 6.45) is 9.70. The summed E-state index contributed by atoms with van der Waals surface area (Å²) < 4.78 is 1.74. The Kier molecular flexibility index (Phi) is 6.38. The summed E-state index contributed by atoms with van der Waals surface area (Å²) in [4.78, 5) is 0. The fourth-order valence-electron chi connectivity index (χ4n) is 2.30. The van der Waals surface area contributed by atoms with Gasteiger partial charge in [0.15, 0.2) is 0 Å². The maximum Gasteiger partial charge on any atom is 0.0967 e. The van der Waals surface area contributed by atoms with Crippen molar-refractivity contribution >= 4 is 6.08 Å². The van der Waals surface area contributed by atoms with Gasteiger partial charge in [0.25, 0.3) is 0 Å². The van der Waals surface area contributed by atoms with Crippen LogP contribution in [0.5, 0.6) is 0 Å². The van der Waals surface area contributed by atoms with E-state index < -0.39 is 0 Å². The lowest BCUT2D eigenvalue weighted by Gasteiger charge is -1.99. The molecule has 22 heavy (non-hydrogen) atoms. The van der Waals surface area contributed by atoms with E-state index in [0.717, 1.165) is 24.1 Å². The van der Waals surface area contributed by atoms with Crippen LogP contribution in [0.4, 0.5) is 0 Å². The molecule has 2 rings (SSSR count). The number of allylic oxidation sites excluding steroid dienone is 1. The van der Waals surface area contributed by atoms with Gasteiger partial charge in [0.1, 0.15) is 0 Å². The predicted octanol–water partition coefficient (Wildman–Crippen LogP) is 4.01. The van der Waals surface area contributed by atoms with Crippen LogP contribution in [-0.2, 0) is 13.0 Å². The number of benzene rings is 1. The Morgan fingerprint density at radius 1 is 1.23 bits per heavy atom. The molecule has 0 aliphatic rings. The highest BCUT2D eigenvalue weighted by molar-refractivity contribution is 5.56. The third-order valence-electron chi connectivity index (χ3n) is 3.49. The Morgan fingerprint density at radius 3 is 2.77 bits per heavy atom. The quantitative estimate of drug-likeness (QED) is 0.546. The number of unbranched alkanes of at least 4 members (excludes halogenated alkanes) is 3. The highest BCUT2D eigenvalue weighted by atomic mass is 15.4. The van der Waals surface area contributed by atoms with E-state index in [0.29, 0.717) is 12.1 Å². The van der Waals surface area contributed by atoms with Crippen molar-refractivity contribution in [2.75, 3.05) is 0 Å². The summed E-state index contributed by atoms with van der Waals surface area (Å²) in [6.45, 7) is 2.67. The van der Waals surface area contributed by atoms with E-state index in [9.17, 15) is 5.26 Å². The summed E-state index contributed by atoms with van der Waals surface area (Å²) in [5.41, 5.74) is 2.71. The van der Waals surface area contributed by atoms with Crippen LogP contribution in [0.25, 0.3) is 6.08 Å². The van der Waals surface area contributed by atoms with Crippen LogP contribution >= 0.6 is 0 Å². The summed E-state index contributed by atoms with van der Waals surface area (Å²) in [5, 5.41) is 17.6. The van der Waals surface area contributed by atoms with Gasteiger partial charge < -0.3 is 0 Å². The van der Waals surface area contributed by atoms with Gasteiger partial charge in [-0.3, -0.25) is 0 Å². The van der Waals surface area contributed by atoms with E-state index in [1.54, 1.807) is 4.68 Å². The number of rotatable bonds is 8. The van der Waals surface area contributed by atoms with Gasteiger partial charge in [0, 0.05) is 6.20 Å². The van der Waals surface area contributed by atoms with E-state index >= 15 is 0 Å². The smallest absolute Gasteiger partial charge is 0.0967 e. The molecule has 0 radical (unpaired) electrons. The molecule has 0 fully saturated rings. The molecule has 0 N–H and O–H groups in total. The first-order valence-electron chi connectivity index (χ1n) is 7.86. The second kappa shape index (κ2) is 8.78. The standard InChI is InChI=1S/C18H22N4/c1-2-3-4-8-11-18-15-22(21-20-18)14-17(13-19)12-16-9-6-5-7-10-16/h5-7,9-10,12,15H,2-4,8,11,14H2,1H3/b17-12+. The zero-order valence-corrected chi connectivity index (χ0v) is 13.1. The van der Waals surface area contributed by atoms with Gasteiger partial charge in [-0.2, -0.15) is 5.26 Å². The largest absolute Gasteiger partial charge is 0.247 e. The Bertz CT molecular complexity index is 635. The number of aryl methyl sites for hydroxylation is 1. The van der Waals surface area contributed by atoms with Crippen molar-refractivity contribution in [3.8, 4) is 6.07 Å². The van der Waals surface area contributed by atoms with Crippen molar-refractivity contribution in [1.82, 2.24) is 15.0 Å². The Labute approximate surface area is 132 Å². The van der Waals surface area contributed by atoms with Crippen molar-refractivity contribution in [2.45, 2.75) is 45.6 Å². The molecule has 0 unspecified atom stereocenters. The van der Waals surface area contributed by atoms with Crippen molar-refractivity contribution in [3.05, 3.63) is 53.4 Å². The highest BCUT2D eigenvalue weighted by Gasteiger charge is 2.03. The average molecular weight is 294 g/mol. The first-order chi connectivity index (χ1) is 10.8. The van der Waals surface area contributed by atoms with Crippen LogP contribution in [0.15, 0.2) is 42.1 Å². The van der Waals surface area contributed by atoms with Gasteiger partial charge in [0.05, 0.1) is 23.9 Å². The predicted molar refractivity (Wildman–Crippen MR) is 87.9 cm³/mol. The van der Waals surface area contributed by atoms with Gasteiger partial charge in [0.2, 0.25) is 0 Å². The van der Waals surface area contributed by atoms with Crippen molar-refractivity contribution in [3.63, 3.8) is 0 Å². The SMILES string of the molecule is CCCCCCc1cn(C/C(C#N)=C/c2ccccc2)nn1. The second-order valence-electron chi connectivity index (χ2n) is 5.41. The molecule has 1 heterocycles. The molecule has 0 aliphatic heterocycles. The van der Waals surface area contributed by atoms with Crippen molar-refractivity contribution in [2.24, 2.45) is 0 Å². The molecule has 0 saturated heterocycles. The molecule has 1 aromatic heterocycles. The maximum atomic E-state index is 9.28. The van der Waals surface area contributed by atoms with Gasteiger partial charge >= 0.3 is 0 Å². The minimum Gasteiger partial charge on any atom is -0.247 e. The zero-order valence-electron chi connectivity index (χ0n) is 13.1. The molecule has 0 aliphatic carbocycles. The minimum absolute atomic E-state index is 0.466. The first-order valence-corrected chi connectivity index (χ1v) is 7.86. The van der Waals surface area contributed by atoms with Gasteiger partial charge in [-0.1, -0.05) is 61.7 Å². The number of hydrogen-bond donors (Lipinski definition) is 0. The molecule has 0 saturated carbocycles. The molecular formula is C18H22N4. The van der Waals surface area contributed by atoms with Crippen LogP contribution in [0.1, 0.15) is 43.9 Å². The summed E-state index contributed by atoms with van der Waals surface area (Å²) in [5.74, 6) is 0. The summed E-state index contributed by atoms with van der Waals surface area (Å²) in [6, 6.07) is 12.1. The van der Waals surface area contributed by atoms with Crippen molar-refractivity contribution in [1.29, 1.82) is 5.26 Å². The number of hydrogen-bond acceptors (Lipinski definition) is 3. The molecule has 4 heteroatoms. The monoisotopic (exact) mass is 294 g/mol. The first kappa shape index (κ1) is 16.0. The molecule has 4 nitrogen and oxygen atoms in total. The molecule has 0 amide bonds. The van der Waals surface area contributed by atoms with E-state index in [2.05, 4.69) is 23.3 Å². The number of nitriles is 1. The Balaban J connectivity index is 1.93. The third-order valence-corrected chi connectivity index (χ3v) is 3.49. The van der Waals surface area contributed by atoms with Crippen LogP contribution in [-0.4, -0.2) is 15.0 Å². The molecule has 114 valence electrons. The molecule has 2 aromatic rings. The fourth-order valence-corrected chi connectivity index (χ4v) is 2.30. The van der Waals surface area contributed by atoms with Crippen LogP contribution in [0, 0.1) is 11.3 Å². The van der Waals surface area contributed by atoms with Crippen LogP contribution in [0.3, 0.4) is 0 Å². The van der Waals surface area contributed by atoms with E-state index in [1.165, 1.54) is 19.3 Å². The zero-order chi connectivity index (χ0) is 15.6. The molecule has 0 spiro atoms. The van der Waals surface area contributed by atoms with E-state index in [4.69, 9.17) is 0 Å². The lowest BCUT2D eigenvalue weighted by Crippen LogP contribution is -2.00. The number of aromatic nitrogens is 3. The Morgan fingerprint density at radius 2 is 2.05 bits per heavy atom. The molecular weight excluding hydrogens is 272 g/mol. The fraction of sp³-hybridized carbons (Fsp3) is 0.389. The topological polar surface area (TPSA) is 54.5 Å². The van der Waals surface area contributed by atoms with E-state index in [1.807, 2.05) is 42.6 Å². The number of nitrogens with zero attached hydrogens (tertiary/aromatic N) is 4. The normalized spacial score (nSPS) is 11.4. The van der Waals surface area contributed by atoms with Gasteiger partial charge in [-0.05, 0) is 24.5 Å². The Hall–Kier alpha value is -2.41.